The van der Waals surface area contributed by atoms with Gasteiger partial charge in [0.1, 0.15) is 0 Å². The van der Waals surface area contributed by atoms with Crippen molar-refractivity contribution >= 4 is 0 Å². The van der Waals surface area contributed by atoms with Crippen LogP contribution in [0.4, 0.5) is 0 Å². The summed E-state index contributed by atoms with van der Waals surface area (Å²) in [4.78, 5) is 6.84. The number of hydrogen-bond donors (Lipinski definition) is 1. The Morgan fingerprint density at radius 1 is 1.39 bits per heavy atom. The first kappa shape index (κ1) is 12.1. The predicted octanol–water partition coefficient (Wildman–Crippen LogP) is 2.07. The first-order valence-corrected chi connectivity index (χ1v) is 7.17. The molecule has 2 saturated heterocycles. The summed E-state index contributed by atoms with van der Waals surface area (Å²) in [5.74, 6) is 1.72. The molecule has 2 aliphatic rings. The van der Waals surface area contributed by atoms with Gasteiger partial charge in [0.2, 0.25) is 0 Å². The topological polar surface area (TPSA) is 28.2 Å². The lowest BCUT2D eigenvalue weighted by atomic mass is 9.92. The van der Waals surface area contributed by atoms with E-state index in [1.165, 1.54) is 31.6 Å². The van der Waals surface area contributed by atoms with Crippen molar-refractivity contribution in [2.75, 3.05) is 19.6 Å². The summed E-state index contributed by atoms with van der Waals surface area (Å²) in [6.45, 7) is 8.34. The van der Waals surface area contributed by atoms with Crippen LogP contribution in [-0.2, 0) is 0 Å². The predicted molar refractivity (Wildman–Crippen MR) is 73.3 cm³/mol. The Kier molecular flexibility index (Phi) is 3.35. The number of nitrogens with zero attached hydrogens (tertiary/aromatic N) is 2. The van der Waals surface area contributed by atoms with Crippen LogP contribution < -0.4 is 5.32 Å². The molecule has 0 aliphatic carbocycles. The van der Waals surface area contributed by atoms with Gasteiger partial charge in [0, 0.05) is 31.0 Å². The molecule has 1 aromatic rings. The molecular weight excluding hydrogens is 222 g/mol. The van der Waals surface area contributed by atoms with Gasteiger partial charge in [-0.3, -0.25) is 9.88 Å². The minimum atomic E-state index is 0.517. The Labute approximate surface area is 110 Å². The van der Waals surface area contributed by atoms with Crippen molar-refractivity contribution in [3.05, 3.63) is 30.1 Å². The van der Waals surface area contributed by atoms with Gasteiger partial charge >= 0.3 is 0 Å². The third-order valence-corrected chi connectivity index (χ3v) is 4.86. The standard InChI is InChI=1S/C15H23N3/c1-3-15-14-9-17-8-13(14)10-18(15)11(2)12-4-6-16-7-5-12/h4-7,11,13-15,17H,3,8-10H2,1-2H3. The molecule has 3 heterocycles. The van der Waals surface area contributed by atoms with Crippen molar-refractivity contribution < 1.29 is 0 Å². The monoisotopic (exact) mass is 245 g/mol. The molecule has 0 aromatic carbocycles. The highest BCUT2D eigenvalue weighted by molar-refractivity contribution is 5.16. The van der Waals surface area contributed by atoms with Crippen LogP contribution in [0.15, 0.2) is 24.5 Å². The second-order valence-electron chi connectivity index (χ2n) is 5.71. The molecule has 0 amide bonds. The molecule has 18 heavy (non-hydrogen) atoms. The molecule has 4 unspecified atom stereocenters. The van der Waals surface area contributed by atoms with Crippen molar-refractivity contribution in [1.82, 2.24) is 15.2 Å². The van der Waals surface area contributed by atoms with Crippen molar-refractivity contribution in [3.8, 4) is 0 Å². The van der Waals surface area contributed by atoms with E-state index in [0.717, 1.165) is 17.9 Å². The number of aromatic nitrogens is 1. The Morgan fingerprint density at radius 2 is 2.17 bits per heavy atom. The third-order valence-electron chi connectivity index (χ3n) is 4.86. The van der Waals surface area contributed by atoms with E-state index in [1.54, 1.807) is 0 Å². The van der Waals surface area contributed by atoms with E-state index in [4.69, 9.17) is 0 Å². The summed E-state index contributed by atoms with van der Waals surface area (Å²) in [6.07, 6.45) is 5.08. The lowest BCUT2D eigenvalue weighted by Gasteiger charge is -2.32. The molecule has 4 atom stereocenters. The van der Waals surface area contributed by atoms with E-state index in [2.05, 4.69) is 41.2 Å². The fraction of sp³-hybridized carbons (Fsp3) is 0.667. The highest BCUT2D eigenvalue weighted by Crippen LogP contribution is 2.39. The van der Waals surface area contributed by atoms with Crippen LogP contribution >= 0.6 is 0 Å². The molecule has 3 nitrogen and oxygen atoms in total. The molecule has 0 bridgehead atoms. The number of pyridine rings is 1. The average Bonchev–Trinajstić information content (AvgIpc) is 2.98. The van der Waals surface area contributed by atoms with Crippen LogP contribution in [0, 0.1) is 11.8 Å². The lowest BCUT2D eigenvalue weighted by Crippen LogP contribution is -2.36. The largest absolute Gasteiger partial charge is 0.316 e. The van der Waals surface area contributed by atoms with Gasteiger partial charge in [0.15, 0.2) is 0 Å². The molecule has 98 valence electrons. The zero-order chi connectivity index (χ0) is 12.5. The Hall–Kier alpha value is -0.930. The van der Waals surface area contributed by atoms with E-state index in [1.807, 2.05) is 12.4 Å². The molecule has 1 N–H and O–H groups in total. The maximum absolute atomic E-state index is 4.12. The minimum Gasteiger partial charge on any atom is -0.316 e. The number of hydrogen-bond acceptors (Lipinski definition) is 3. The number of likely N-dealkylation sites (tertiary alicyclic amines) is 1. The van der Waals surface area contributed by atoms with Gasteiger partial charge in [-0.05, 0) is 56.0 Å². The first-order chi connectivity index (χ1) is 8.81. The van der Waals surface area contributed by atoms with Crippen LogP contribution in [0.25, 0.3) is 0 Å². The molecule has 3 rings (SSSR count). The summed E-state index contributed by atoms with van der Waals surface area (Å²) < 4.78 is 0. The zero-order valence-electron chi connectivity index (χ0n) is 11.3. The number of nitrogens with one attached hydrogen (secondary N) is 1. The second kappa shape index (κ2) is 4.98. The van der Waals surface area contributed by atoms with E-state index in [-0.39, 0.29) is 0 Å². The SMILES string of the molecule is CCC1C2CNCC2CN1C(C)c1ccncc1. The van der Waals surface area contributed by atoms with E-state index in [0.29, 0.717) is 6.04 Å². The molecule has 0 radical (unpaired) electrons. The normalized spacial score (nSPS) is 33.6. The number of fused-ring (bicyclic) bond motifs is 1. The fourth-order valence-electron chi connectivity index (χ4n) is 3.87. The van der Waals surface area contributed by atoms with Crippen molar-refractivity contribution in [1.29, 1.82) is 0 Å². The van der Waals surface area contributed by atoms with Crippen LogP contribution in [0.5, 0.6) is 0 Å². The van der Waals surface area contributed by atoms with Gasteiger partial charge in [0.05, 0.1) is 0 Å². The summed E-state index contributed by atoms with van der Waals surface area (Å²) in [7, 11) is 0. The molecule has 0 saturated carbocycles. The Morgan fingerprint density at radius 3 is 2.89 bits per heavy atom. The first-order valence-electron chi connectivity index (χ1n) is 7.17. The van der Waals surface area contributed by atoms with Crippen LogP contribution in [0.2, 0.25) is 0 Å². The lowest BCUT2D eigenvalue weighted by molar-refractivity contribution is 0.165. The molecule has 3 heteroatoms. The molecule has 1 aromatic heterocycles. The number of rotatable bonds is 3. The highest BCUT2D eigenvalue weighted by Gasteiger charge is 2.44. The quantitative estimate of drug-likeness (QED) is 0.883. The summed E-state index contributed by atoms with van der Waals surface area (Å²) in [5, 5.41) is 3.55. The van der Waals surface area contributed by atoms with Crippen LogP contribution in [-0.4, -0.2) is 35.6 Å². The van der Waals surface area contributed by atoms with Crippen molar-refractivity contribution in [3.63, 3.8) is 0 Å². The maximum atomic E-state index is 4.12. The van der Waals surface area contributed by atoms with Gasteiger partial charge in [-0.15, -0.1) is 0 Å². The summed E-state index contributed by atoms with van der Waals surface area (Å²) >= 11 is 0. The maximum Gasteiger partial charge on any atom is 0.0324 e. The Balaban J connectivity index is 1.80. The molecule has 2 fully saturated rings. The van der Waals surface area contributed by atoms with Gasteiger partial charge in [-0.2, -0.15) is 0 Å². The van der Waals surface area contributed by atoms with E-state index in [9.17, 15) is 0 Å². The van der Waals surface area contributed by atoms with Crippen molar-refractivity contribution in [2.45, 2.75) is 32.4 Å². The zero-order valence-corrected chi connectivity index (χ0v) is 11.3. The van der Waals surface area contributed by atoms with Gasteiger partial charge in [0.25, 0.3) is 0 Å². The van der Waals surface area contributed by atoms with Crippen LogP contribution in [0.1, 0.15) is 31.9 Å². The van der Waals surface area contributed by atoms with E-state index >= 15 is 0 Å². The summed E-state index contributed by atoms with van der Waals surface area (Å²) in [6, 6.07) is 5.57. The Bertz CT molecular complexity index is 392. The fourth-order valence-corrected chi connectivity index (χ4v) is 3.87. The van der Waals surface area contributed by atoms with Gasteiger partial charge in [-0.1, -0.05) is 6.92 Å². The molecule has 2 aliphatic heterocycles. The van der Waals surface area contributed by atoms with Crippen molar-refractivity contribution in [2.24, 2.45) is 11.8 Å². The smallest absolute Gasteiger partial charge is 0.0324 e. The van der Waals surface area contributed by atoms with E-state index < -0.39 is 0 Å². The van der Waals surface area contributed by atoms with Gasteiger partial charge < -0.3 is 5.32 Å². The molecule has 0 spiro atoms. The minimum absolute atomic E-state index is 0.517. The highest BCUT2D eigenvalue weighted by atomic mass is 15.2. The third kappa shape index (κ3) is 1.95. The molecular formula is C15H23N3. The second-order valence-corrected chi connectivity index (χ2v) is 5.71. The van der Waals surface area contributed by atoms with Crippen LogP contribution in [0.3, 0.4) is 0 Å². The summed E-state index contributed by atoms with van der Waals surface area (Å²) in [5.41, 5.74) is 1.40. The van der Waals surface area contributed by atoms with Gasteiger partial charge in [-0.25, -0.2) is 0 Å². The average molecular weight is 245 g/mol.